The van der Waals surface area contributed by atoms with Crippen LogP contribution in [0.5, 0.6) is 11.5 Å². The van der Waals surface area contributed by atoms with E-state index >= 15 is 0 Å². The van der Waals surface area contributed by atoms with E-state index in [9.17, 15) is 0 Å². The van der Waals surface area contributed by atoms with Crippen LogP contribution in [-0.2, 0) is 6.42 Å². The first-order valence-corrected chi connectivity index (χ1v) is 9.44. The molecular weight excluding hydrogens is 350 g/mol. The standard InChI is InChI=1S/C20H26ClN3O2/c1-25-18-13-16(14-19(26-2)20(18)21)17-12-15(6-8-22-17)7-9-23-24-10-4-3-5-11-24/h6,8,12-14,23H,3-5,7,9-11H2,1-2H3. The number of methoxy groups -OCH3 is 2. The van der Waals surface area contributed by atoms with Gasteiger partial charge < -0.3 is 9.47 Å². The van der Waals surface area contributed by atoms with Crippen molar-refractivity contribution in [3.05, 3.63) is 41.0 Å². The summed E-state index contributed by atoms with van der Waals surface area (Å²) in [4.78, 5) is 4.50. The Morgan fingerprint density at radius 2 is 1.77 bits per heavy atom. The zero-order valence-corrected chi connectivity index (χ0v) is 16.2. The van der Waals surface area contributed by atoms with Gasteiger partial charge in [-0.1, -0.05) is 18.0 Å². The summed E-state index contributed by atoms with van der Waals surface area (Å²) in [7, 11) is 3.20. The number of piperidine rings is 1. The predicted octanol–water partition coefficient (Wildman–Crippen LogP) is 3.95. The predicted molar refractivity (Wildman–Crippen MR) is 105 cm³/mol. The minimum Gasteiger partial charge on any atom is -0.495 e. The van der Waals surface area contributed by atoms with E-state index < -0.39 is 0 Å². The molecule has 3 rings (SSSR count). The molecule has 1 aromatic heterocycles. The van der Waals surface area contributed by atoms with Gasteiger partial charge >= 0.3 is 0 Å². The van der Waals surface area contributed by atoms with E-state index in [0.717, 1.165) is 37.3 Å². The van der Waals surface area contributed by atoms with Gasteiger partial charge in [-0.05, 0) is 49.1 Å². The van der Waals surface area contributed by atoms with Gasteiger partial charge in [-0.25, -0.2) is 5.01 Å². The third-order valence-electron chi connectivity index (χ3n) is 4.67. The topological polar surface area (TPSA) is 46.6 Å². The Balaban J connectivity index is 1.70. The van der Waals surface area contributed by atoms with Crippen molar-refractivity contribution in [1.29, 1.82) is 0 Å². The smallest absolute Gasteiger partial charge is 0.141 e. The molecule has 0 amide bonds. The van der Waals surface area contributed by atoms with Gasteiger partial charge in [0, 0.05) is 31.4 Å². The lowest BCUT2D eigenvalue weighted by Gasteiger charge is -2.27. The number of aromatic nitrogens is 1. The highest BCUT2D eigenvalue weighted by Gasteiger charge is 2.13. The maximum atomic E-state index is 6.26. The molecule has 0 bridgehead atoms. The van der Waals surface area contributed by atoms with Crippen LogP contribution in [-0.4, -0.2) is 43.8 Å². The summed E-state index contributed by atoms with van der Waals surface area (Å²) in [6.07, 6.45) is 6.71. The van der Waals surface area contributed by atoms with Crippen molar-refractivity contribution in [2.75, 3.05) is 33.9 Å². The van der Waals surface area contributed by atoms with Crippen LogP contribution in [0.25, 0.3) is 11.3 Å². The summed E-state index contributed by atoms with van der Waals surface area (Å²) in [5.74, 6) is 1.17. The molecule has 1 saturated heterocycles. The molecule has 2 heterocycles. The van der Waals surface area contributed by atoms with E-state index in [-0.39, 0.29) is 0 Å². The molecule has 26 heavy (non-hydrogen) atoms. The van der Waals surface area contributed by atoms with Gasteiger partial charge in [0.15, 0.2) is 0 Å². The Morgan fingerprint density at radius 3 is 2.42 bits per heavy atom. The van der Waals surface area contributed by atoms with Gasteiger partial charge in [0.05, 0.1) is 19.9 Å². The van der Waals surface area contributed by atoms with Crippen LogP contribution in [0.15, 0.2) is 30.5 Å². The summed E-state index contributed by atoms with van der Waals surface area (Å²) < 4.78 is 10.7. The molecular formula is C20H26ClN3O2. The Morgan fingerprint density at radius 1 is 1.08 bits per heavy atom. The third-order valence-corrected chi connectivity index (χ3v) is 5.04. The van der Waals surface area contributed by atoms with Gasteiger partial charge in [0.2, 0.25) is 0 Å². The molecule has 1 N–H and O–H groups in total. The summed E-state index contributed by atoms with van der Waals surface area (Å²) in [5, 5.41) is 2.81. The van der Waals surface area contributed by atoms with E-state index in [0.29, 0.717) is 16.5 Å². The van der Waals surface area contributed by atoms with Crippen molar-refractivity contribution in [1.82, 2.24) is 15.4 Å². The number of hydrogen-bond acceptors (Lipinski definition) is 5. The SMILES string of the molecule is COc1cc(-c2cc(CCNN3CCCCC3)ccn2)cc(OC)c1Cl. The summed E-state index contributed by atoms with van der Waals surface area (Å²) in [5.41, 5.74) is 6.58. The second kappa shape index (κ2) is 9.21. The van der Waals surface area contributed by atoms with Gasteiger partial charge in [-0.3, -0.25) is 10.4 Å². The van der Waals surface area contributed by atoms with Crippen LogP contribution in [0.3, 0.4) is 0 Å². The van der Waals surface area contributed by atoms with Crippen molar-refractivity contribution in [2.24, 2.45) is 0 Å². The molecule has 6 heteroatoms. The van der Waals surface area contributed by atoms with E-state index in [1.165, 1.54) is 24.8 Å². The fourth-order valence-electron chi connectivity index (χ4n) is 3.22. The number of halogens is 1. The summed E-state index contributed by atoms with van der Waals surface area (Å²) in [6, 6.07) is 7.96. The molecule has 0 saturated carbocycles. The van der Waals surface area contributed by atoms with E-state index in [1.807, 2.05) is 18.3 Å². The number of nitrogens with zero attached hydrogens (tertiary/aromatic N) is 2. The average Bonchev–Trinajstić information content (AvgIpc) is 2.69. The molecule has 5 nitrogen and oxygen atoms in total. The van der Waals surface area contributed by atoms with Gasteiger partial charge in [-0.2, -0.15) is 0 Å². The van der Waals surface area contributed by atoms with Crippen LogP contribution in [0.2, 0.25) is 5.02 Å². The van der Waals surface area contributed by atoms with Crippen molar-refractivity contribution in [3.63, 3.8) is 0 Å². The molecule has 0 unspecified atom stereocenters. The fraction of sp³-hybridized carbons (Fsp3) is 0.450. The average molecular weight is 376 g/mol. The molecule has 0 spiro atoms. The highest BCUT2D eigenvalue weighted by Crippen LogP contribution is 2.38. The van der Waals surface area contributed by atoms with Crippen molar-refractivity contribution >= 4 is 11.6 Å². The first-order valence-electron chi connectivity index (χ1n) is 9.06. The maximum Gasteiger partial charge on any atom is 0.141 e. The molecule has 0 atom stereocenters. The van der Waals surface area contributed by atoms with Crippen LogP contribution < -0.4 is 14.9 Å². The maximum absolute atomic E-state index is 6.26. The summed E-state index contributed by atoms with van der Waals surface area (Å²) >= 11 is 6.26. The number of ether oxygens (including phenoxy) is 2. The third kappa shape index (κ3) is 4.67. The lowest BCUT2D eigenvalue weighted by atomic mass is 10.1. The monoisotopic (exact) mass is 375 g/mol. The Labute approximate surface area is 160 Å². The van der Waals surface area contributed by atoms with E-state index in [2.05, 4.69) is 27.6 Å². The lowest BCUT2D eigenvalue weighted by molar-refractivity contribution is 0.155. The molecule has 1 fully saturated rings. The molecule has 0 aliphatic carbocycles. The largest absolute Gasteiger partial charge is 0.495 e. The molecule has 1 aliphatic heterocycles. The number of hydrazine groups is 1. The second-order valence-corrected chi connectivity index (χ2v) is 6.83. The van der Waals surface area contributed by atoms with Gasteiger partial charge in [0.25, 0.3) is 0 Å². The second-order valence-electron chi connectivity index (χ2n) is 6.45. The molecule has 2 aromatic rings. The fourth-order valence-corrected chi connectivity index (χ4v) is 3.48. The number of nitrogens with one attached hydrogen (secondary N) is 1. The summed E-state index contributed by atoms with van der Waals surface area (Å²) in [6.45, 7) is 3.22. The number of benzene rings is 1. The quantitative estimate of drug-likeness (QED) is 0.793. The zero-order chi connectivity index (χ0) is 18.4. The highest BCUT2D eigenvalue weighted by molar-refractivity contribution is 6.33. The van der Waals surface area contributed by atoms with Crippen LogP contribution in [0.1, 0.15) is 24.8 Å². The highest BCUT2D eigenvalue weighted by atomic mass is 35.5. The minimum atomic E-state index is 0.473. The van der Waals surface area contributed by atoms with Gasteiger partial charge in [0.1, 0.15) is 16.5 Å². The first kappa shape index (κ1) is 19.0. The van der Waals surface area contributed by atoms with Gasteiger partial charge in [-0.15, -0.1) is 0 Å². The Bertz CT molecular complexity index is 708. The van der Waals surface area contributed by atoms with Crippen LogP contribution >= 0.6 is 11.6 Å². The number of hydrogen-bond donors (Lipinski definition) is 1. The zero-order valence-electron chi connectivity index (χ0n) is 15.4. The number of rotatable bonds is 7. The van der Waals surface area contributed by atoms with Crippen molar-refractivity contribution in [3.8, 4) is 22.8 Å². The van der Waals surface area contributed by atoms with Crippen LogP contribution in [0, 0.1) is 0 Å². The Hall–Kier alpha value is -1.82. The van der Waals surface area contributed by atoms with E-state index in [4.69, 9.17) is 21.1 Å². The lowest BCUT2D eigenvalue weighted by Crippen LogP contribution is -2.42. The number of pyridine rings is 1. The molecule has 1 aromatic carbocycles. The van der Waals surface area contributed by atoms with E-state index in [1.54, 1.807) is 14.2 Å². The molecule has 140 valence electrons. The van der Waals surface area contributed by atoms with Crippen LogP contribution in [0.4, 0.5) is 0 Å². The Kier molecular flexibility index (Phi) is 6.72. The minimum absolute atomic E-state index is 0.473. The van der Waals surface area contributed by atoms with Crippen molar-refractivity contribution < 1.29 is 9.47 Å². The van der Waals surface area contributed by atoms with Crippen molar-refractivity contribution in [2.45, 2.75) is 25.7 Å². The molecule has 1 aliphatic rings. The normalized spacial score (nSPS) is 15.0. The first-order chi connectivity index (χ1) is 12.7. The molecule has 0 radical (unpaired) electrons.